The molecule has 0 aromatic carbocycles. The maximum Gasteiger partial charge on any atom is 0.433 e. The fourth-order valence-electron chi connectivity index (χ4n) is 1.20. The molecule has 1 atom stereocenters. The summed E-state index contributed by atoms with van der Waals surface area (Å²) in [5.41, 5.74) is -1.79. The van der Waals surface area contributed by atoms with Gasteiger partial charge in [0.1, 0.15) is 5.69 Å². The van der Waals surface area contributed by atoms with Crippen LogP contribution < -0.4 is 0 Å². The minimum absolute atomic E-state index is 0.530. The molecule has 0 amide bonds. The van der Waals surface area contributed by atoms with Gasteiger partial charge < -0.3 is 10.2 Å². The molecule has 0 radical (unpaired) electrons. The van der Waals surface area contributed by atoms with Crippen LogP contribution in [0.3, 0.4) is 0 Å². The molecule has 0 spiro atoms. The van der Waals surface area contributed by atoms with Gasteiger partial charge in [0.05, 0.1) is 12.5 Å². The van der Waals surface area contributed by atoms with Crippen molar-refractivity contribution in [2.45, 2.75) is 18.7 Å². The van der Waals surface area contributed by atoms with Crippen molar-refractivity contribution >= 4 is 5.97 Å². The second kappa shape index (κ2) is 4.48. The molecule has 1 aromatic heterocycles. The number of alkyl halides is 3. The van der Waals surface area contributed by atoms with Crippen molar-refractivity contribution in [1.29, 1.82) is 0 Å². The predicted octanol–water partition coefficient (Wildman–Crippen LogP) is 1.61. The molecule has 2 N–H and O–H groups in total. The number of pyridine rings is 1. The molecule has 1 aromatic rings. The van der Waals surface area contributed by atoms with Crippen molar-refractivity contribution in [2.24, 2.45) is 0 Å². The monoisotopic (exact) mass is 235 g/mol. The smallest absolute Gasteiger partial charge is 0.433 e. The minimum atomic E-state index is -4.71. The number of rotatable bonds is 3. The number of halogens is 3. The van der Waals surface area contributed by atoms with Gasteiger partial charge in [0.2, 0.25) is 0 Å². The Morgan fingerprint density at radius 1 is 1.50 bits per heavy atom. The zero-order chi connectivity index (χ0) is 12.3. The zero-order valence-electron chi connectivity index (χ0n) is 7.90. The van der Waals surface area contributed by atoms with Gasteiger partial charge in [-0.25, -0.2) is 0 Å². The van der Waals surface area contributed by atoms with Crippen LogP contribution in [0.2, 0.25) is 0 Å². The van der Waals surface area contributed by atoms with Gasteiger partial charge in [-0.05, 0) is 6.07 Å². The van der Waals surface area contributed by atoms with E-state index >= 15 is 0 Å². The normalized spacial score (nSPS) is 13.5. The second-order valence-corrected chi connectivity index (χ2v) is 3.05. The van der Waals surface area contributed by atoms with Crippen LogP contribution in [0.25, 0.3) is 0 Å². The first-order chi connectivity index (χ1) is 7.32. The maximum absolute atomic E-state index is 12.4. The lowest BCUT2D eigenvalue weighted by Crippen LogP contribution is -2.15. The van der Waals surface area contributed by atoms with Crippen molar-refractivity contribution in [1.82, 2.24) is 4.98 Å². The van der Waals surface area contributed by atoms with Crippen molar-refractivity contribution in [2.75, 3.05) is 0 Å². The highest BCUT2D eigenvalue weighted by atomic mass is 19.4. The lowest BCUT2D eigenvalue weighted by atomic mass is 10.0. The highest BCUT2D eigenvalue weighted by Crippen LogP contribution is 2.33. The molecule has 0 aliphatic rings. The van der Waals surface area contributed by atoms with Crippen molar-refractivity contribution < 1.29 is 28.2 Å². The number of carboxylic acid groups (broad SMARTS) is 1. The molecule has 7 heteroatoms. The number of carboxylic acids is 1. The molecule has 0 saturated heterocycles. The van der Waals surface area contributed by atoms with Crippen molar-refractivity contribution in [3.63, 3.8) is 0 Å². The predicted molar refractivity (Wildman–Crippen MR) is 46.5 cm³/mol. The second-order valence-electron chi connectivity index (χ2n) is 3.05. The lowest BCUT2D eigenvalue weighted by Gasteiger charge is -2.14. The molecule has 0 unspecified atom stereocenters. The van der Waals surface area contributed by atoms with Gasteiger partial charge in [0.15, 0.2) is 0 Å². The molecular weight excluding hydrogens is 227 g/mol. The van der Waals surface area contributed by atoms with Gasteiger partial charge in [-0.15, -0.1) is 0 Å². The summed E-state index contributed by atoms with van der Waals surface area (Å²) in [6.07, 6.45) is -6.30. The summed E-state index contributed by atoms with van der Waals surface area (Å²) in [5, 5.41) is 17.7. The van der Waals surface area contributed by atoms with E-state index in [2.05, 4.69) is 4.98 Å². The highest BCUT2D eigenvalue weighted by molar-refractivity contribution is 5.67. The molecule has 0 aliphatic carbocycles. The summed E-state index contributed by atoms with van der Waals surface area (Å²) in [6, 6.07) is 2.21. The Hall–Kier alpha value is -1.63. The van der Waals surface area contributed by atoms with Gasteiger partial charge in [-0.3, -0.25) is 9.78 Å². The molecule has 4 nitrogen and oxygen atoms in total. The summed E-state index contributed by atoms with van der Waals surface area (Å²) in [5.74, 6) is -1.38. The Morgan fingerprint density at radius 3 is 2.62 bits per heavy atom. The van der Waals surface area contributed by atoms with E-state index in [0.29, 0.717) is 0 Å². The zero-order valence-corrected chi connectivity index (χ0v) is 7.90. The number of hydrogen-bond acceptors (Lipinski definition) is 3. The number of aliphatic carboxylic acids is 1. The van der Waals surface area contributed by atoms with Gasteiger partial charge >= 0.3 is 12.1 Å². The van der Waals surface area contributed by atoms with E-state index in [9.17, 15) is 23.1 Å². The summed E-state index contributed by atoms with van der Waals surface area (Å²) in [7, 11) is 0. The standard InChI is InChI=1S/C9H8F3NO3/c10-9(11,12)8-5(2-1-3-13-8)6(14)4-7(15)16/h1-3,6,14H,4H2,(H,15,16)/t6-/m1/s1. The molecular formula is C9H8F3NO3. The van der Waals surface area contributed by atoms with Crippen LogP contribution >= 0.6 is 0 Å². The third-order valence-corrected chi connectivity index (χ3v) is 1.83. The number of hydrogen-bond donors (Lipinski definition) is 2. The van der Waals surface area contributed by atoms with Crippen LogP contribution in [0, 0.1) is 0 Å². The topological polar surface area (TPSA) is 70.4 Å². The molecule has 16 heavy (non-hydrogen) atoms. The Bertz CT molecular complexity index is 392. The first-order valence-electron chi connectivity index (χ1n) is 4.24. The fourth-order valence-corrected chi connectivity index (χ4v) is 1.20. The number of aliphatic hydroxyl groups is 1. The van der Waals surface area contributed by atoms with Gasteiger partial charge in [0, 0.05) is 11.8 Å². The summed E-state index contributed by atoms with van der Waals surface area (Å²) < 4.78 is 37.3. The van der Waals surface area contributed by atoms with E-state index in [1.54, 1.807) is 0 Å². The highest BCUT2D eigenvalue weighted by Gasteiger charge is 2.36. The van der Waals surface area contributed by atoms with E-state index in [4.69, 9.17) is 5.11 Å². The van der Waals surface area contributed by atoms with Crippen LogP contribution in [0.4, 0.5) is 13.2 Å². The Labute approximate surface area is 88.4 Å². The summed E-state index contributed by atoms with van der Waals surface area (Å²) in [6.45, 7) is 0. The number of nitrogens with zero attached hydrogens (tertiary/aromatic N) is 1. The molecule has 0 bridgehead atoms. The summed E-state index contributed by atoms with van der Waals surface area (Å²) in [4.78, 5) is 13.4. The quantitative estimate of drug-likeness (QED) is 0.834. The number of aliphatic hydroxyl groups excluding tert-OH is 1. The summed E-state index contributed by atoms with van der Waals surface area (Å²) >= 11 is 0. The first-order valence-corrected chi connectivity index (χ1v) is 4.24. The molecule has 0 aliphatic heterocycles. The van der Waals surface area contributed by atoms with Gasteiger partial charge in [-0.2, -0.15) is 13.2 Å². The largest absolute Gasteiger partial charge is 0.481 e. The lowest BCUT2D eigenvalue weighted by molar-refractivity contribution is -0.145. The molecule has 1 rings (SSSR count). The third-order valence-electron chi connectivity index (χ3n) is 1.83. The Kier molecular flexibility index (Phi) is 3.48. The molecule has 0 saturated carbocycles. The average Bonchev–Trinajstić information content (AvgIpc) is 2.15. The van der Waals surface area contributed by atoms with Crippen molar-refractivity contribution in [3.8, 4) is 0 Å². The minimum Gasteiger partial charge on any atom is -0.481 e. The first kappa shape index (κ1) is 12.4. The maximum atomic E-state index is 12.4. The molecule has 1 heterocycles. The van der Waals surface area contributed by atoms with Gasteiger partial charge in [0.25, 0.3) is 0 Å². The fraction of sp³-hybridized carbons (Fsp3) is 0.333. The van der Waals surface area contributed by atoms with E-state index in [-0.39, 0.29) is 0 Å². The van der Waals surface area contributed by atoms with E-state index in [1.807, 2.05) is 0 Å². The van der Waals surface area contributed by atoms with Crippen LogP contribution in [0.1, 0.15) is 23.8 Å². The third kappa shape index (κ3) is 2.93. The van der Waals surface area contributed by atoms with Crippen LogP contribution in [-0.4, -0.2) is 21.2 Å². The SMILES string of the molecule is O=C(O)C[C@@H](O)c1cccnc1C(F)(F)F. The van der Waals surface area contributed by atoms with E-state index < -0.39 is 35.9 Å². The van der Waals surface area contributed by atoms with Crippen molar-refractivity contribution in [3.05, 3.63) is 29.6 Å². The Morgan fingerprint density at radius 2 is 2.12 bits per heavy atom. The molecule has 88 valence electrons. The van der Waals surface area contributed by atoms with Crippen LogP contribution in [0.5, 0.6) is 0 Å². The van der Waals surface area contributed by atoms with Crippen LogP contribution in [-0.2, 0) is 11.0 Å². The van der Waals surface area contributed by atoms with Crippen LogP contribution in [0.15, 0.2) is 18.3 Å². The Balaban J connectivity index is 3.08. The number of aromatic nitrogens is 1. The van der Waals surface area contributed by atoms with E-state index in [0.717, 1.165) is 12.3 Å². The molecule has 0 fully saturated rings. The van der Waals surface area contributed by atoms with E-state index in [1.165, 1.54) is 6.07 Å². The average molecular weight is 235 g/mol. The number of carbonyl (C=O) groups is 1. The van der Waals surface area contributed by atoms with Gasteiger partial charge in [-0.1, -0.05) is 6.07 Å².